The second kappa shape index (κ2) is 8.43. The van der Waals surface area contributed by atoms with Gasteiger partial charge in [0, 0.05) is 23.2 Å². The number of hydrogen-bond donors (Lipinski definition) is 1. The Morgan fingerprint density at radius 1 is 1.17 bits per heavy atom. The van der Waals surface area contributed by atoms with Crippen LogP contribution in [-0.4, -0.2) is 32.7 Å². The van der Waals surface area contributed by atoms with Crippen molar-refractivity contribution < 1.29 is 14.3 Å². The van der Waals surface area contributed by atoms with Crippen molar-refractivity contribution in [1.29, 1.82) is 0 Å². The molecule has 0 saturated carbocycles. The van der Waals surface area contributed by atoms with E-state index in [0.29, 0.717) is 17.8 Å². The van der Waals surface area contributed by atoms with E-state index in [0.717, 1.165) is 22.2 Å². The van der Waals surface area contributed by atoms with Crippen LogP contribution in [0.15, 0.2) is 36.5 Å². The Morgan fingerprint density at radius 2 is 1.90 bits per heavy atom. The van der Waals surface area contributed by atoms with Gasteiger partial charge in [0.15, 0.2) is 6.10 Å². The summed E-state index contributed by atoms with van der Waals surface area (Å²) in [5.41, 5.74) is 2.81. The van der Waals surface area contributed by atoms with Crippen LogP contribution >= 0.6 is 0 Å². The highest BCUT2D eigenvalue weighted by Gasteiger charge is 2.24. The van der Waals surface area contributed by atoms with Crippen LogP contribution in [-0.2, 0) is 16.0 Å². The van der Waals surface area contributed by atoms with Gasteiger partial charge in [-0.25, -0.2) is 9.48 Å². The fourth-order valence-corrected chi connectivity index (χ4v) is 3.29. The van der Waals surface area contributed by atoms with Gasteiger partial charge in [-0.15, -0.1) is 0 Å². The summed E-state index contributed by atoms with van der Waals surface area (Å²) in [5, 5.41) is 7.68. The van der Waals surface area contributed by atoms with Crippen LogP contribution in [0.4, 0.5) is 5.82 Å². The van der Waals surface area contributed by atoms with Gasteiger partial charge in [-0.1, -0.05) is 25.1 Å². The summed E-state index contributed by atoms with van der Waals surface area (Å²) in [4.78, 5) is 30.2. The molecule has 0 fully saturated rings. The van der Waals surface area contributed by atoms with Gasteiger partial charge in [-0.2, -0.15) is 5.10 Å². The van der Waals surface area contributed by atoms with Gasteiger partial charge in [0.05, 0.1) is 17.3 Å². The van der Waals surface area contributed by atoms with Crippen LogP contribution in [0.5, 0.6) is 0 Å². The zero-order chi connectivity index (χ0) is 21.1. The molecule has 7 heteroatoms. The number of carbonyl (C=O) groups is 2. The molecule has 2 aromatic heterocycles. The molecule has 0 saturated heterocycles. The standard InChI is InChI=1S/C22H26N4O3/c1-6-17-14(4)20(16-9-7-8-10-18(16)24-17)22(28)29-15(5)21(27)25-19-11-12-23-26(19)13(2)3/h7-13,15H,6H2,1-5H3,(H,25,27)/t15-/m0/s1. The molecule has 1 amide bonds. The molecule has 0 radical (unpaired) electrons. The van der Waals surface area contributed by atoms with Crippen LogP contribution in [0.2, 0.25) is 0 Å². The predicted octanol–water partition coefficient (Wildman–Crippen LogP) is 4.07. The molecule has 0 aliphatic carbocycles. The van der Waals surface area contributed by atoms with E-state index in [9.17, 15) is 9.59 Å². The van der Waals surface area contributed by atoms with Crippen molar-refractivity contribution in [3.8, 4) is 0 Å². The lowest BCUT2D eigenvalue weighted by molar-refractivity contribution is -0.123. The first-order chi connectivity index (χ1) is 13.8. The maximum Gasteiger partial charge on any atom is 0.339 e. The number of anilines is 1. The Balaban J connectivity index is 1.83. The van der Waals surface area contributed by atoms with E-state index in [1.54, 1.807) is 23.9 Å². The average Bonchev–Trinajstić information content (AvgIpc) is 3.15. The normalized spacial score (nSPS) is 12.2. The lowest BCUT2D eigenvalue weighted by Crippen LogP contribution is -2.31. The van der Waals surface area contributed by atoms with Crippen molar-refractivity contribution in [3.05, 3.63) is 53.3 Å². The van der Waals surface area contributed by atoms with E-state index in [1.807, 2.05) is 52.0 Å². The van der Waals surface area contributed by atoms with Crippen LogP contribution in [0.25, 0.3) is 10.9 Å². The fourth-order valence-electron chi connectivity index (χ4n) is 3.29. The molecule has 0 aliphatic rings. The predicted molar refractivity (Wildman–Crippen MR) is 112 cm³/mol. The van der Waals surface area contributed by atoms with Gasteiger partial charge in [0.1, 0.15) is 5.82 Å². The molecule has 1 aromatic carbocycles. The van der Waals surface area contributed by atoms with Crippen LogP contribution in [0.1, 0.15) is 55.4 Å². The SMILES string of the molecule is CCc1nc2ccccc2c(C(=O)O[C@@H](C)C(=O)Nc2ccnn2C(C)C)c1C. The molecule has 2 heterocycles. The summed E-state index contributed by atoms with van der Waals surface area (Å²) in [7, 11) is 0. The number of fused-ring (bicyclic) bond motifs is 1. The van der Waals surface area contributed by atoms with E-state index in [4.69, 9.17) is 4.74 Å². The molecule has 1 N–H and O–H groups in total. The minimum Gasteiger partial charge on any atom is -0.449 e. The Morgan fingerprint density at radius 3 is 2.59 bits per heavy atom. The summed E-state index contributed by atoms with van der Waals surface area (Å²) in [6.45, 7) is 9.35. The monoisotopic (exact) mass is 394 g/mol. The molecule has 152 valence electrons. The Labute approximate surface area is 170 Å². The third-order valence-electron chi connectivity index (χ3n) is 4.84. The third kappa shape index (κ3) is 4.13. The zero-order valence-corrected chi connectivity index (χ0v) is 17.4. The van der Waals surface area contributed by atoms with Gasteiger partial charge in [-0.05, 0) is 45.7 Å². The largest absolute Gasteiger partial charge is 0.449 e. The molecule has 3 rings (SSSR count). The molecule has 0 bridgehead atoms. The third-order valence-corrected chi connectivity index (χ3v) is 4.84. The van der Waals surface area contributed by atoms with Gasteiger partial charge in [0.25, 0.3) is 5.91 Å². The molecule has 0 spiro atoms. The van der Waals surface area contributed by atoms with E-state index in [-0.39, 0.29) is 6.04 Å². The first-order valence-corrected chi connectivity index (χ1v) is 9.77. The number of carbonyl (C=O) groups excluding carboxylic acids is 2. The van der Waals surface area contributed by atoms with Gasteiger partial charge < -0.3 is 10.1 Å². The summed E-state index contributed by atoms with van der Waals surface area (Å²) in [6, 6.07) is 9.25. The first-order valence-electron chi connectivity index (χ1n) is 9.77. The second-order valence-electron chi connectivity index (χ2n) is 7.22. The van der Waals surface area contributed by atoms with Crippen molar-refractivity contribution in [2.45, 2.75) is 53.2 Å². The van der Waals surface area contributed by atoms with Gasteiger partial charge >= 0.3 is 5.97 Å². The van der Waals surface area contributed by atoms with E-state index in [2.05, 4.69) is 15.4 Å². The van der Waals surface area contributed by atoms with E-state index in [1.165, 1.54) is 0 Å². The number of hydrogen-bond acceptors (Lipinski definition) is 5. The summed E-state index contributed by atoms with van der Waals surface area (Å²) < 4.78 is 7.22. The molecule has 0 unspecified atom stereocenters. The molecule has 0 aliphatic heterocycles. The minimum absolute atomic E-state index is 0.0939. The average molecular weight is 394 g/mol. The highest BCUT2D eigenvalue weighted by molar-refractivity contribution is 6.06. The smallest absolute Gasteiger partial charge is 0.339 e. The number of nitrogens with one attached hydrogen (secondary N) is 1. The number of rotatable bonds is 6. The number of esters is 1. The summed E-state index contributed by atoms with van der Waals surface area (Å²) >= 11 is 0. The van der Waals surface area contributed by atoms with Crippen molar-refractivity contribution >= 4 is 28.6 Å². The topological polar surface area (TPSA) is 86.1 Å². The lowest BCUT2D eigenvalue weighted by Gasteiger charge is -2.17. The number of ether oxygens (including phenoxy) is 1. The van der Waals surface area contributed by atoms with Crippen molar-refractivity contribution in [3.63, 3.8) is 0 Å². The summed E-state index contributed by atoms with van der Waals surface area (Å²) in [6.07, 6.45) is 1.35. The van der Waals surface area contributed by atoms with Crippen molar-refractivity contribution in [2.75, 3.05) is 5.32 Å². The van der Waals surface area contributed by atoms with Gasteiger partial charge in [0.2, 0.25) is 0 Å². The maximum atomic E-state index is 13.0. The summed E-state index contributed by atoms with van der Waals surface area (Å²) in [5.74, 6) is -0.380. The fraction of sp³-hybridized carbons (Fsp3) is 0.364. The van der Waals surface area contributed by atoms with Crippen LogP contribution in [0, 0.1) is 6.92 Å². The Kier molecular flexibility index (Phi) is 5.96. The number of pyridine rings is 1. The van der Waals surface area contributed by atoms with Crippen molar-refractivity contribution in [1.82, 2.24) is 14.8 Å². The number of nitrogens with zero attached hydrogens (tertiary/aromatic N) is 3. The highest BCUT2D eigenvalue weighted by atomic mass is 16.5. The molecule has 7 nitrogen and oxygen atoms in total. The number of amides is 1. The maximum absolute atomic E-state index is 13.0. The second-order valence-corrected chi connectivity index (χ2v) is 7.22. The molecule has 1 atom stereocenters. The van der Waals surface area contributed by atoms with Gasteiger partial charge in [-0.3, -0.25) is 9.78 Å². The quantitative estimate of drug-likeness (QED) is 0.637. The van der Waals surface area contributed by atoms with Crippen molar-refractivity contribution in [2.24, 2.45) is 0 Å². The number of para-hydroxylation sites is 1. The highest BCUT2D eigenvalue weighted by Crippen LogP contribution is 2.25. The first kappa shape index (κ1) is 20.5. The van der Waals surface area contributed by atoms with Crippen LogP contribution < -0.4 is 5.32 Å². The lowest BCUT2D eigenvalue weighted by atomic mass is 10.0. The number of aryl methyl sites for hydroxylation is 1. The molecule has 29 heavy (non-hydrogen) atoms. The van der Waals surface area contributed by atoms with Crippen LogP contribution in [0.3, 0.4) is 0 Å². The molecular formula is C22H26N4O3. The molecular weight excluding hydrogens is 368 g/mol. The minimum atomic E-state index is -0.964. The zero-order valence-electron chi connectivity index (χ0n) is 17.4. The van der Waals surface area contributed by atoms with E-state index >= 15 is 0 Å². The Bertz CT molecular complexity index is 1060. The molecule has 3 aromatic rings. The number of benzene rings is 1. The Hall–Kier alpha value is -3.22. The number of aromatic nitrogens is 3. The van der Waals surface area contributed by atoms with E-state index < -0.39 is 18.0 Å².